The Labute approximate surface area is 105 Å². The molecule has 6 nitrogen and oxygen atoms in total. The van der Waals surface area contributed by atoms with Crippen LogP contribution in [-0.4, -0.2) is 31.1 Å². The van der Waals surface area contributed by atoms with Crippen molar-refractivity contribution in [1.29, 1.82) is 5.26 Å². The highest BCUT2D eigenvalue weighted by Gasteiger charge is 2.26. The molecule has 0 spiro atoms. The third-order valence-corrected chi connectivity index (χ3v) is 3.24. The lowest BCUT2D eigenvalue weighted by Gasteiger charge is -2.18. The van der Waals surface area contributed by atoms with Gasteiger partial charge in [0.2, 0.25) is 0 Å². The molecule has 1 unspecified atom stereocenters. The molecule has 18 heavy (non-hydrogen) atoms. The van der Waals surface area contributed by atoms with Gasteiger partial charge in [0.05, 0.1) is 16.6 Å². The van der Waals surface area contributed by atoms with E-state index in [0.29, 0.717) is 17.3 Å². The molecule has 94 valence electrons. The quantitative estimate of drug-likeness (QED) is 0.641. The van der Waals surface area contributed by atoms with E-state index in [4.69, 9.17) is 5.26 Å². The van der Waals surface area contributed by atoms with Crippen LogP contribution in [0.2, 0.25) is 0 Å². The first-order valence-corrected chi connectivity index (χ1v) is 5.76. The molecular weight excluding hydrogens is 232 g/mol. The van der Waals surface area contributed by atoms with Crippen LogP contribution in [0.15, 0.2) is 18.2 Å². The summed E-state index contributed by atoms with van der Waals surface area (Å²) in [6.45, 7) is 1.49. The van der Waals surface area contributed by atoms with E-state index >= 15 is 0 Å². The Kier molecular flexibility index (Phi) is 3.44. The number of hydrogen-bond acceptors (Lipinski definition) is 5. The minimum atomic E-state index is -0.400. The van der Waals surface area contributed by atoms with Crippen molar-refractivity contribution in [2.24, 2.45) is 0 Å². The summed E-state index contributed by atoms with van der Waals surface area (Å²) in [5.41, 5.74) is 1.05. The molecule has 1 saturated heterocycles. The lowest BCUT2D eigenvalue weighted by atomic mass is 10.1. The molecule has 1 aromatic rings. The second-order valence-corrected chi connectivity index (χ2v) is 4.29. The van der Waals surface area contributed by atoms with Crippen molar-refractivity contribution >= 4 is 11.4 Å². The number of nitro benzene ring substituents is 1. The van der Waals surface area contributed by atoms with Crippen molar-refractivity contribution in [1.82, 2.24) is 5.32 Å². The van der Waals surface area contributed by atoms with Gasteiger partial charge in [-0.15, -0.1) is 0 Å². The largest absolute Gasteiger partial charge is 0.364 e. The zero-order valence-electron chi connectivity index (χ0n) is 10.1. The first kappa shape index (κ1) is 12.3. The third kappa shape index (κ3) is 2.26. The highest BCUT2D eigenvalue weighted by atomic mass is 16.6. The van der Waals surface area contributed by atoms with Gasteiger partial charge in [-0.1, -0.05) is 0 Å². The van der Waals surface area contributed by atoms with Gasteiger partial charge in [-0.05, 0) is 25.6 Å². The predicted molar refractivity (Wildman–Crippen MR) is 67.5 cm³/mol. The van der Waals surface area contributed by atoms with Crippen LogP contribution in [0.3, 0.4) is 0 Å². The van der Waals surface area contributed by atoms with E-state index in [9.17, 15) is 10.1 Å². The zero-order valence-corrected chi connectivity index (χ0v) is 10.1. The van der Waals surface area contributed by atoms with Crippen molar-refractivity contribution in [2.75, 3.05) is 25.0 Å². The van der Waals surface area contributed by atoms with Gasteiger partial charge < -0.3 is 10.2 Å². The number of likely N-dealkylation sites (N-methyl/N-ethyl adjacent to an activating group) is 1. The molecule has 1 aromatic carbocycles. The predicted octanol–water partition coefficient (Wildman–Crippen LogP) is 1.26. The van der Waals surface area contributed by atoms with Gasteiger partial charge >= 0.3 is 0 Å². The second kappa shape index (κ2) is 5.02. The Morgan fingerprint density at radius 1 is 1.61 bits per heavy atom. The van der Waals surface area contributed by atoms with Gasteiger partial charge in [0.1, 0.15) is 5.69 Å². The van der Waals surface area contributed by atoms with Crippen molar-refractivity contribution in [2.45, 2.75) is 12.5 Å². The summed E-state index contributed by atoms with van der Waals surface area (Å²) in [7, 11) is 1.88. The molecule has 1 fully saturated rings. The Balaban J connectivity index is 2.36. The van der Waals surface area contributed by atoms with Crippen molar-refractivity contribution in [3.8, 4) is 6.07 Å². The Morgan fingerprint density at radius 3 is 2.94 bits per heavy atom. The van der Waals surface area contributed by atoms with E-state index in [2.05, 4.69) is 5.32 Å². The third-order valence-electron chi connectivity index (χ3n) is 3.24. The molecule has 1 atom stereocenters. The lowest BCUT2D eigenvalue weighted by molar-refractivity contribution is -0.384. The van der Waals surface area contributed by atoms with Gasteiger partial charge in [-0.3, -0.25) is 10.1 Å². The van der Waals surface area contributed by atoms with E-state index in [-0.39, 0.29) is 5.69 Å². The molecule has 1 aliphatic rings. The summed E-state index contributed by atoms with van der Waals surface area (Å²) < 4.78 is 0. The molecule has 0 aromatic heterocycles. The summed E-state index contributed by atoms with van der Waals surface area (Å²) in [6, 6.07) is 6.84. The highest BCUT2D eigenvalue weighted by Crippen LogP contribution is 2.31. The van der Waals surface area contributed by atoms with Crippen LogP contribution in [0, 0.1) is 21.4 Å². The molecule has 0 aliphatic carbocycles. The van der Waals surface area contributed by atoms with E-state index in [0.717, 1.165) is 19.5 Å². The van der Waals surface area contributed by atoms with Crippen LogP contribution >= 0.6 is 0 Å². The molecule has 6 heteroatoms. The fourth-order valence-electron chi connectivity index (χ4n) is 2.22. The van der Waals surface area contributed by atoms with Crippen molar-refractivity contribution in [3.05, 3.63) is 33.9 Å². The summed E-state index contributed by atoms with van der Waals surface area (Å²) in [5, 5.41) is 23.1. The highest BCUT2D eigenvalue weighted by molar-refractivity contribution is 5.66. The van der Waals surface area contributed by atoms with E-state index in [1.54, 1.807) is 6.07 Å². The number of hydrogen-bond donors (Lipinski definition) is 1. The van der Waals surface area contributed by atoms with Crippen LogP contribution in [0.4, 0.5) is 11.4 Å². The van der Waals surface area contributed by atoms with Crippen LogP contribution in [0.25, 0.3) is 0 Å². The van der Waals surface area contributed by atoms with Crippen molar-refractivity contribution in [3.63, 3.8) is 0 Å². The number of nitrogens with one attached hydrogen (secondary N) is 1. The Hall–Kier alpha value is -2.13. The minimum absolute atomic E-state index is 0.0609. The van der Waals surface area contributed by atoms with Gasteiger partial charge in [0.15, 0.2) is 0 Å². The number of benzene rings is 1. The SMILES string of the molecule is CNC1CCN(c2cc(C#N)ccc2[N+](=O)[O-])C1. The van der Waals surface area contributed by atoms with E-state index in [1.165, 1.54) is 12.1 Å². The molecular formula is C12H14N4O2. The lowest BCUT2D eigenvalue weighted by Crippen LogP contribution is -2.29. The fraction of sp³-hybridized carbons (Fsp3) is 0.417. The number of nitriles is 1. The molecule has 2 rings (SSSR count). The average molecular weight is 246 g/mol. The summed E-state index contributed by atoms with van der Waals surface area (Å²) >= 11 is 0. The monoisotopic (exact) mass is 246 g/mol. The average Bonchev–Trinajstić information content (AvgIpc) is 2.86. The zero-order chi connectivity index (χ0) is 13.1. The van der Waals surface area contributed by atoms with Crippen LogP contribution < -0.4 is 10.2 Å². The van der Waals surface area contributed by atoms with Crippen LogP contribution in [0.1, 0.15) is 12.0 Å². The van der Waals surface area contributed by atoms with Gasteiger partial charge in [-0.2, -0.15) is 5.26 Å². The number of anilines is 1. The van der Waals surface area contributed by atoms with Crippen molar-refractivity contribution < 1.29 is 4.92 Å². The molecule has 1 aliphatic heterocycles. The maximum Gasteiger partial charge on any atom is 0.292 e. The van der Waals surface area contributed by atoms with Crippen LogP contribution in [-0.2, 0) is 0 Å². The number of rotatable bonds is 3. The Morgan fingerprint density at radius 2 is 2.39 bits per heavy atom. The maximum atomic E-state index is 11.0. The van der Waals surface area contributed by atoms with Crippen LogP contribution in [0.5, 0.6) is 0 Å². The maximum absolute atomic E-state index is 11.0. The summed E-state index contributed by atoms with van der Waals surface area (Å²) in [6.07, 6.45) is 0.949. The minimum Gasteiger partial charge on any atom is -0.364 e. The Bertz CT molecular complexity index is 509. The van der Waals surface area contributed by atoms with Gasteiger partial charge in [0.25, 0.3) is 5.69 Å². The molecule has 1 heterocycles. The molecule has 0 saturated carbocycles. The van der Waals surface area contributed by atoms with E-state index in [1.807, 2.05) is 18.0 Å². The standard InChI is InChI=1S/C12H14N4O2/c1-14-10-4-5-15(8-10)12-6-9(7-13)2-3-11(12)16(17)18/h2-3,6,10,14H,4-5,8H2,1H3. The molecule has 0 amide bonds. The molecule has 1 N–H and O–H groups in total. The summed E-state index contributed by atoms with van der Waals surface area (Å²) in [4.78, 5) is 12.6. The topological polar surface area (TPSA) is 82.2 Å². The molecule has 0 radical (unpaired) electrons. The second-order valence-electron chi connectivity index (χ2n) is 4.29. The first-order valence-electron chi connectivity index (χ1n) is 5.76. The summed E-state index contributed by atoms with van der Waals surface area (Å²) in [5.74, 6) is 0. The van der Waals surface area contributed by atoms with E-state index < -0.39 is 4.92 Å². The fourth-order valence-corrected chi connectivity index (χ4v) is 2.22. The molecule has 0 bridgehead atoms. The van der Waals surface area contributed by atoms with Gasteiger partial charge in [-0.25, -0.2) is 0 Å². The first-order chi connectivity index (χ1) is 8.65. The smallest absolute Gasteiger partial charge is 0.292 e. The number of nitrogens with zero attached hydrogens (tertiary/aromatic N) is 3. The number of nitro groups is 1. The normalized spacial score (nSPS) is 18.7. The van der Waals surface area contributed by atoms with Gasteiger partial charge in [0, 0.05) is 25.2 Å².